The molecular formula is C22H26N2O4. The molecule has 1 heterocycles. The maximum atomic E-state index is 13.0. The average molecular weight is 382 g/mol. The van der Waals surface area contributed by atoms with Gasteiger partial charge in [-0.3, -0.25) is 9.59 Å². The number of nitrogens with zero attached hydrogens (tertiary/aromatic N) is 1. The number of hydrogen-bond donors (Lipinski definition) is 2. The number of hydrogen-bond acceptors (Lipinski definition) is 4. The first-order chi connectivity index (χ1) is 13.5. The molecule has 28 heavy (non-hydrogen) atoms. The van der Waals surface area contributed by atoms with Crippen molar-refractivity contribution in [2.24, 2.45) is 5.92 Å². The van der Waals surface area contributed by atoms with Gasteiger partial charge in [0.25, 0.3) is 11.8 Å². The molecule has 0 spiro atoms. The topological polar surface area (TPSA) is 78.9 Å². The molecule has 0 fully saturated rings. The van der Waals surface area contributed by atoms with Crippen LogP contribution in [0, 0.1) is 5.92 Å². The molecule has 2 amide bonds. The Morgan fingerprint density at radius 2 is 1.96 bits per heavy atom. The molecule has 0 radical (unpaired) electrons. The molecule has 1 aliphatic rings. The van der Waals surface area contributed by atoms with Gasteiger partial charge in [0.1, 0.15) is 5.75 Å². The standard InChI is InChI=1S/C22H26N2O4/c1-4-28-19-11-6-5-9-16(19)21(26)23-17-10-7-8-15-12-24(22(27)20(15)17)18(13-25)14(2)3/h5-11,14,18,25H,4,12-13H2,1-3H3,(H,23,26). The number of ether oxygens (including phenoxy) is 1. The largest absolute Gasteiger partial charge is 0.493 e. The van der Waals surface area contributed by atoms with E-state index >= 15 is 0 Å². The lowest BCUT2D eigenvalue weighted by Gasteiger charge is -2.29. The number of para-hydroxylation sites is 1. The number of amides is 2. The second-order valence-corrected chi connectivity index (χ2v) is 7.15. The molecule has 2 N–H and O–H groups in total. The molecule has 2 aromatic carbocycles. The van der Waals surface area contributed by atoms with Gasteiger partial charge >= 0.3 is 0 Å². The molecule has 148 valence electrons. The van der Waals surface area contributed by atoms with Crippen molar-refractivity contribution in [3.8, 4) is 5.75 Å². The van der Waals surface area contributed by atoms with E-state index in [-0.39, 0.29) is 30.4 Å². The Balaban J connectivity index is 1.89. The lowest BCUT2D eigenvalue weighted by molar-refractivity contribution is 0.0533. The van der Waals surface area contributed by atoms with Crippen LogP contribution in [0.15, 0.2) is 42.5 Å². The molecule has 1 aliphatic heterocycles. The normalized spacial score (nSPS) is 14.2. The highest BCUT2D eigenvalue weighted by molar-refractivity contribution is 6.11. The highest BCUT2D eigenvalue weighted by atomic mass is 16.5. The molecule has 2 aromatic rings. The van der Waals surface area contributed by atoms with Gasteiger partial charge in [0.15, 0.2) is 0 Å². The maximum absolute atomic E-state index is 13.0. The predicted octanol–water partition coefficient (Wildman–Crippen LogP) is 3.31. The fourth-order valence-corrected chi connectivity index (χ4v) is 3.55. The van der Waals surface area contributed by atoms with Gasteiger partial charge in [-0.05, 0) is 36.6 Å². The Hall–Kier alpha value is -2.86. The smallest absolute Gasteiger partial charge is 0.259 e. The molecule has 1 atom stereocenters. The van der Waals surface area contributed by atoms with E-state index in [1.165, 1.54) is 0 Å². The fourth-order valence-electron chi connectivity index (χ4n) is 3.55. The van der Waals surface area contributed by atoms with E-state index in [1.807, 2.05) is 39.0 Å². The molecule has 0 saturated carbocycles. The van der Waals surface area contributed by atoms with Crippen molar-refractivity contribution in [1.82, 2.24) is 4.90 Å². The molecule has 0 saturated heterocycles. The van der Waals surface area contributed by atoms with Gasteiger partial charge in [-0.15, -0.1) is 0 Å². The minimum Gasteiger partial charge on any atom is -0.493 e. The van der Waals surface area contributed by atoms with Crippen LogP contribution in [0.1, 0.15) is 47.1 Å². The summed E-state index contributed by atoms with van der Waals surface area (Å²) in [5.74, 6) is 0.130. The number of carbonyl (C=O) groups excluding carboxylic acids is 2. The zero-order valence-corrected chi connectivity index (χ0v) is 16.4. The van der Waals surface area contributed by atoms with Gasteiger partial charge in [0.2, 0.25) is 0 Å². The highest BCUT2D eigenvalue weighted by Gasteiger charge is 2.35. The molecule has 3 rings (SSSR count). The third kappa shape index (κ3) is 3.73. The summed E-state index contributed by atoms with van der Waals surface area (Å²) in [6.45, 7) is 6.60. The summed E-state index contributed by atoms with van der Waals surface area (Å²) in [6.07, 6.45) is 0. The highest BCUT2D eigenvalue weighted by Crippen LogP contribution is 2.32. The Labute approximate surface area is 165 Å². The quantitative estimate of drug-likeness (QED) is 0.770. The average Bonchev–Trinajstić information content (AvgIpc) is 3.00. The molecular weight excluding hydrogens is 356 g/mol. The summed E-state index contributed by atoms with van der Waals surface area (Å²) < 4.78 is 5.54. The van der Waals surface area contributed by atoms with E-state index < -0.39 is 0 Å². The Morgan fingerprint density at radius 3 is 2.64 bits per heavy atom. The lowest BCUT2D eigenvalue weighted by atomic mass is 10.0. The van der Waals surface area contributed by atoms with Crippen molar-refractivity contribution in [2.45, 2.75) is 33.4 Å². The minimum absolute atomic E-state index is 0.0964. The Bertz CT molecular complexity index is 879. The van der Waals surface area contributed by atoms with E-state index in [2.05, 4.69) is 5.32 Å². The number of carbonyl (C=O) groups is 2. The lowest BCUT2D eigenvalue weighted by Crippen LogP contribution is -2.41. The number of fused-ring (bicyclic) bond motifs is 1. The minimum atomic E-state index is -0.328. The van der Waals surface area contributed by atoms with Gasteiger partial charge < -0.3 is 20.1 Å². The van der Waals surface area contributed by atoms with Crippen LogP contribution in [0.25, 0.3) is 0 Å². The molecule has 1 unspecified atom stereocenters. The third-order valence-corrected chi connectivity index (χ3v) is 5.00. The van der Waals surface area contributed by atoms with Gasteiger partial charge in [0, 0.05) is 6.54 Å². The Morgan fingerprint density at radius 1 is 1.21 bits per heavy atom. The maximum Gasteiger partial charge on any atom is 0.259 e. The van der Waals surface area contributed by atoms with Crippen molar-refractivity contribution >= 4 is 17.5 Å². The first-order valence-electron chi connectivity index (χ1n) is 9.54. The van der Waals surface area contributed by atoms with Crippen molar-refractivity contribution < 1.29 is 19.4 Å². The van der Waals surface area contributed by atoms with Crippen LogP contribution in [-0.2, 0) is 6.54 Å². The van der Waals surface area contributed by atoms with Crippen LogP contribution in [0.2, 0.25) is 0 Å². The number of anilines is 1. The summed E-state index contributed by atoms with van der Waals surface area (Å²) in [6, 6.07) is 12.2. The van der Waals surface area contributed by atoms with E-state index in [9.17, 15) is 14.7 Å². The number of aliphatic hydroxyl groups excluding tert-OH is 1. The van der Waals surface area contributed by atoms with Crippen molar-refractivity contribution in [1.29, 1.82) is 0 Å². The van der Waals surface area contributed by atoms with E-state index in [0.717, 1.165) is 5.56 Å². The molecule has 0 aromatic heterocycles. The van der Waals surface area contributed by atoms with E-state index in [1.54, 1.807) is 29.2 Å². The third-order valence-electron chi connectivity index (χ3n) is 5.00. The van der Waals surface area contributed by atoms with Crippen LogP contribution in [0.3, 0.4) is 0 Å². The SMILES string of the molecule is CCOc1ccccc1C(=O)Nc1cccc2c1C(=O)N(C(CO)C(C)C)C2. The van der Waals surface area contributed by atoms with Crippen molar-refractivity contribution in [3.05, 3.63) is 59.2 Å². The summed E-state index contributed by atoms with van der Waals surface area (Å²) in [7, 11) is 0. The number of rotatable bonds is 7. The molecule has 6 nitrogen and oxygen atoms in total. The van der Waals surface area contributed by atoms with E-state index in [0.29, 0.717) is 35.7 Å². The van der Waals surface area contributed by atoms with Crippen LogP contribution >= 0.6 is 0 Å². The molecule has 6 heteroatoms. The van der Waals surface area contributed by atoms with Crippen LogP contribution in [-0.4, -0.2) is 41.1 Å². The first-order valence-corrected chi connectivity index (χ1v) is 9.54. The predicted molar refractivity (Wildman–Crippen MR) is 108 cm³/mol. The second-order valence-electron chi connectivity index (χ2n) is 7.15. The van der Waals surface area contributed by atoms with E-state index in [4.69, 9.17) is 4.74 Å². The zero-order valence-electron chi connectivity index (χ0n) is 16.4. The van der Waals surface area contributed by atoms with Crippen LogP contribution < -0.4 is 10.1 Å². The molecule has 0 bridgehead atoms. The number of aliphatic hydroxyl groups is 1. The van der Waals surface area contributed by atoms with Gasteiger partial charge in [-0.2, -0.15) is 0 Å². The first kappa shape index (κ1) is 19.9. The van der Waals surface area contributed by atoms with Gasteiger partial charge in [0.05, 0.1) is 36.1 Å². The second kappa shape index (κ2) is 8.44. The van der Waals surface area contributed by atoms with Crippen LogP contribution in [0.4, 0.5) is 5.69 Å². The monoisotopic (exact) mass is 382 g/mol. The van der Waals surface area contributed by atoms with Gasteiger partial charge in [-0.25, -0.2) is 0 Å². The number of benzene rings is 2. The van der Waals surface area contributed by atoms with Gasteiger partial charge in [-0.1, -0.05) is 38.1 Å². The summed E-state index contributed by atoms with van der Waals surface area (Å²) in [5.41, 5.74) is 2.23. The summed E-state index contributed by atoms with van der Waals surface area (Å²) in [5, 5.41) is 12.6. The zero-order chi connectivity index (χ0) is 20.3. The molecule has 0 aliphatic carbocycles. The summed E-state index contributed by atoms with van der Waals surface area (Å²) >= 11 is 0. The van der Waals surface area contributed by atoms with Crippen molar-refractivity contribution in [2.75, 3.05) is 18.5 Å². The van der Waals surface area contributed by atoms with Crippen molar-refractivity contribution in [3.63, 3.8) is 0 Å². The van der Waals surface area contributed by atoms with Crippen LogP contribution in [0.5, 0.6) is 5.75 Å². The Kier molecular flexibility index (Phi) is 5.99. The fraction of sp³-hybridized carbons (Fsp3) is 0.364. The summed E-state index contributed by atoms with van der Waals surface area (Å²) in [4.78, 5) is 27.6. The number of nitrogens with one attached hydrogen (secondary N) is 1.